The summed E-state index contributed by atoms with van der Waals surface area (Å²) in [7, 11) is -4.10. The van der Waals surface area contributed by atoms with Crippen LogP contribution in [0.2, 0.25) is 0 Å². The molecule has 0 heterocycles. The number of aryl methyl sites for hydroxylation is 2. The summed E-state index contributed by atoms with van der Waals surface area (Å²) in [5.74, 6) is -1.19. The van der Waals surface area contributed by atoms with Crippen LogP contribution in [0.1, 0.15) is 129 Å². The highest BCUT2D eigenvalue weighted by Gasteiger charge is 2.63. The van der Waals surface area contributed by atoms with Crippen molar-refractivity contribution in [3.63, 3.8) is 0 Å². The van der Waals surface area contributed by atoms with Crippen LogP contribution in [0.15, 0.2) is 70.8 Å². The maximum absolute atomic E-state index is 16.5. The average Bonchev–Trinajstić information content (AvgIpc) is 3.06. The summed E-state index contributed by atoms with van der Waals surface area (Å²) >= 11 is 0. The Bertz CT molecular complexity index is 1520. The minimum Gasteiger partial charge on any atom is -0.289 e. The molecule has 2 aliphatic carbocycles. The average molecular weight is 690 g/mol. The number of carbonyl (C=O) groups excluding carboxylic acids is 2. The first kappa shape index (κ1) is 37.8. The molecule has 0 N–H and O–H groups in total. The molecule has 0 amide bonds. The Morgan fingerprint density at radius 1 is 0.667 bits per heavy atom. The van der Waals surface area contributed by atoms with Crippen molar-refractivity contribution in [3.05, 3.63) is 93.1 Å². The molecule has 5 nitrogen and oxygen atoms in total. The lowest BCUT2D eigenvalue weighted by atomic mass is 9.68. The van der Waals surface area contributed by atoms with Crippen molar-refractivity contribution in [2.75, 3.05) is 0 Å². The van der Waals surface area contributed by atoms with E-state index < -0.39 is 43.9 Å². The summed E-state index contributed by atoms with van der Waals surface area (Å²) < 4.78 is 86.1. The predicted molar refractivity (Wildman–Crippen MR) is 179 cm³/mol. The van der Waals surface area contributed by atoms with E-state index in [2.05, 4.69) is 9.05 Å². The van der Waals surface area contributed by atoms with Crippen molar-refractivity contribution in [2.45, 2.75) is 123 Å². The number of hydrogen-bond donors (Lipinski definition) is 0. The van der Waals surface area contributed by atoms with Crippen molar-refractivity contribution in [1.82, 2.24) is 0 Å². The summed E-state index contributed by atoms with van der Waals surface area (Å²) in [5.41, 5.74) is 0.833. The fraction of sp³-hybridized carbons (Fsp3) is 0.526. The first-order valence-corrected chi connectivity index (χ1v) is 18.1. The van der Waals surface area contributed by atoms with Crippen LogP contribution in [0.25, 0.3) is 0 Å². The molecule has 1 atom stereocenters. The second kappa shape index (κ2) is 16.1. The SMILES string of the molecule is CCC(CC)(C(C(=O)c1ccc(C)cc1)=C1CCCCC1)C(F)(F)O[P+](=O)OC(F)(F)CC(C(=O)c1ccc(C)cc1)=C1CCCCC1. The van der Waals surface area contributed by atoms with Gasteiger partial charge in [-0.1, -0.05) is 97.5 Å². The number of alkyl halides is 4. The molecule has 0 aromatic heterocycles. The van der Waals surface area contributed by atoms with E-state index in [9.17, 15) is 14.2 Å². The van der Waals surface area contributed by atoms with Gasteiger partial charge in [-0.25, -0.2) is 0 Å². The molecule has 0 aliphatic heterocycles. The van der Waals surface area contributed by atoms with Crippen molar-refractivity contribution in [3.8, 4) is 0 Å². The second-order valence-electron chi connectivity index (χ2n) is 13.1. The largest absolute Gasteiger partial charge is 0.710 e. The number of rotatable bonds is 14. The van der Waals surface area contributed by atoms with Gasteiger partial charge >= 0.3 is 20.5 Å². The normalized spacial score (nSPS) is 16.5. The number of carbonyl (C=O) groups is 2. The zero-order valence-corrected chi connectivity index (χ0v) is 29.2. The molecule has 0 radical (unpaired) electrons. The first-order chi connectivity index (χ1) is 22.7. The summed E-state index contributed by atoms with van der Waals surface area (Å²) in [6, 6.07) is 13.1. The highest BCUT2D eigenvalue weighted by atomic mass is 31.1. The smallest absolute Gasteiger partial charge is 0.289 e. The molecule has 0 saturated heterocycles. The van der Waals surface area contributed by atoms with Gasteiger partial charge in [0.1, 0.15) is 0 Å². The summed E-state index contributed by atoms with van der Waals surface area (Å²) in [6.45, 7) is 6.64. The lowest BCUT2D eigenvalue weighted by Gasteiger charge is -2.39. The Kier molecular flexibility index (Phi) is 12.7. The van der Waals surface area contributed by atoms with Crippen LogP contribution in [-0.2, 0) is 13.6 Å². The van der Waals surface area contributed by atoms with Crippen LogP contribution >= 0.6 is 8.25 Å². The minimum atomic E-state index is -4.32. The molecule has 2 fully saturated rings. The Hall–Kier alpha value is -3.00. The van der Waals surface area contributed by atoms with Gasteiger partial charge in [0.15, 0.2) is 11.6 Å². The molecule has 4 rings (SSSR count). The lowest BCUT2D eigenvalue weighted by Crippen LogP contribution is -2.46. The maximum atomic E-state index is 16.5. The van der Waals surface area contributed by atoms with E-state index in [0.717, 1.165) is 49.7 Å². The van der Waals surface area contributed by atoms with Gasteiger partial charge in [0.25, 0.3) is 0 Å². The fourth-order valence-corrected chi connectivity index (χ4v) is 7.71. The third-order valence-electron chi connectivity index (χ3n) is 9.85. The van der Waals surface area contributed by atoms with Crippen molar-refractivity contribution in [2.24, 2.45) is 5.41 Å². The van der Waals surface area contributed by atoms with Crippen LogP contribution in [0.5, 0.6) is 0 Å². The Morgan fingerprint density at radius 3 is 1.56 bits per heavy atom. The van der Waals surface area contributed by atoms with Gasteiger partial charge in [0.2, 0.25) is 0 Å². The van der Waals surface area contributed by atoms with Crippen molar-refractivity contribution in [1.29, 1.82) is 0 Å². The number of allylic oxidation sites excluding steroid dienone is 2. The first-order valence-electron chi connectivity index (χ1n) is 17.0. The maximum Gasteiger partial charge on any atom is 0.710 e. The van der Waals surface area contributed by atoms with Gasteiger partial charge in [-0.15, -0.1) is 0 Å². The molecule has 260 valence electrons. The second-order valence-corrected chi connectivity index (χ2v) is 13.9. The molecule has 2 aromatic carbocycles. The van der Waals surface area contributed by atoms with E-state index in [-0.39, 0.29) is 35.1 Å². The molecule has 2 aromatic rings. The van der Waals surface area contributed by atoms with E-state index >= 15 is 17.6 Å². The summed E-state index contributed by atoms with van der Waals surface area (Å²) in [5, 5.41) is 0. The topological polar surface area (TPSA) is 69.7 Å². The van der Waals surface area contributed by atoms with E-state index in [0.29, 0.717) is 36.8 Å². The van der Waals surface area contributed by atoms with Gasteiger partial charge < -0.3 is 0 Å². The molecular weight excluding hydrogens is 643 g/mol. The van der Waals surface area contributed by atoms with E-state index in [4.69, 9.17) is 0 Å². The van der Waals surface area contributed by atoms with E-state index in [1.165, 1.54) is 13.8 Å². The number of hydrogen-bond acceptors (Lipinski definition) is 5. The van der Waals surface area contributed by atoms with Gasteiger partial charge in [0.05, 0.1) is 11.8 Å². The van der Waals surface area contributed by atoms with Crippen LogP contribution in [-0.4, -0.2) is 23.8 Å². The molecular formula is C38H46F4O5P+. The highest BCUT2D eigenvalue weighted by molar-refractivity contribution is 7.33. The zero-order valence-electron chi connectivity index (χ0n) is 28.3. The van der Waals surface area contributed by atoms with Crippen LogP contribution < -0.4 is 0 Å². The minimum absolute atomic E-state index is 0.107. The number of Topliss-reactive ketones (excluding diaryl/α,β-unsaturated/α-hetero) is 2. The van der Waals surface area contributed by atoms with Crippen molar-refractivity contribution >= 4 is 19.8 Å². The van der Waals surface area contributed by atoms with Crippen LogP contribution in [0, 0.1) is 19.3 Å². The summed E-state index contributed by atoms with van der Waals surface area (Å²) in [6.07, 6.45) is -3.90. The van der Waals surface area contributed by atoms with Gasteiger partial charge in [-0.2, -0.15) is 17.6 Å². The van der Waals surface area contributed by atoms with E-state index in [1.54, 1.807) is 48.5 Å². The van der Waals surface area contributed by atoms with Crippen LogP contribution in [0.3, 0.4) is 0 Å². The molecule has 2 saturated carbocycles. The monoisotopic (exact) mass is 689 g/mol. The standard InChI is InChI=1S/C38H46F4O5P/c1-5-36(6-2,33(29-15-11-8-12-16-29)35(44)31-23-19-27(4)20-24-31)38(41,42)47-48(45)46-37(39,40)25-32(28-13-9-7-10-14-28)34(43)30-21-17-26(3)18-22-30/h17-24H,5-16,25H2,1-4H3/q+1. The number of ketones is 2. The molecule has 2 aliphatic rings. The molecule has 1 unspecified atom stereocenters. The summed E-state index contributed by atoms with van der Waals surface area (Å²) in [4.78, 5) is 27.5. The molecule has 48 heavy (non-hydrogen) atoms. The third kappa shape index (κ3) is 8.77. The highest BCUT2D eigenvalue weighted by Crippen LogP contribution is 2.56. The molecule has 0 spiro atoms. The predicted octanol–water partition coefficient (Wildman–Crippen LogP) is 12.0. The number of benzene rings is 2. The lowest BCUT2D eigenvalue weighted by molar-refractivity contribution is -0.259. The Balaban J connectivity index is 1.63. The van der Waals surface area contributed by atoms with Crippen molar-refractivity contribution < 1.29 is 40.8 Å². The quantitative estimate of drug-likeness (QED) is 0.0855. The fourth-order valence-electron chi connectivity index (χ4n) is 7.03. The van der Waals surface area contributed by atoms with Gasteiger partial charge in [0, 0.05) is 26.8 Å². The zero-order chi connectivity index (χ0) is 35.1. The van der Waals surface area contributed by atoms with Crippen LogP contribution in [0.4, 0.5) is 17.6 Å². The third-order valence-corrected chi connectivity index (χ3v) is 10.6. The van der Waals surface area contributed by atoms with Gasteiger partial charge in [-0.05, 0) is 87.1 Å². The van der Waals surface area contributed by atoms with E-state index in [1.807, 2.05) is 13.8 Å². The molecule has 0 bridgehead atoms. The Morgan fingerprint density at radius 2 is 1.10 bits per heavy atom. The van der Waals surface area contributed by atoms with Gasteiger partial charge in [-0.3, -0.25) is 9.59 Å². The number of halogens is 4. The Labute approximate surface area is 282 Å². The molecule has 10 heteroatoms.